The number of nitrogens with zero attached hydrogens (tertiary/aromatic N) is 3. The van der Waals surface area contributed by atoms with Crippen LogP contribution >= 0.6 is 0 Å². The summed E-state index contributed by atoms with van der Waals surface area (Å²) in [6.45, 7) is 2.29. The zero-order valence-corrected chi connectivity index (χ0v) is 10.9. The van der Waals surface area contributed by atoms with E-state index in [1.165, 1.54) is 6.20 Å². The number of nitriles is 1. The molecule has 3 N–H and O–H groups in total. The fourth-order valence-corrected chi connectivity index (χ4v) is 2.01. The fourth-order valence-electron chi connectivity index (χ4n) is 2.01. The van der Waals surface area contributed by atoms with Gasteiger partial charge in [0, 0.05) is 24.5 Å². The van der Waals surface area contributed by atoms with Crippen LogP contribution in [0.2, 0.25) is 0 Å². The van der Waals surface area contributed by atoms with Gasteiger partial charge in [0.1, 0.15) is 0 Å². The summed E-state index contributed by atoms with van der Waals surface area (Å²) in [7, 11) is 0. The minimum absolute atomic E-state index is 0.113. The van der Waals surface area contributed by atoms with E-state index in [0.717, 1.165) is 18.5 Å². The van der Waals surface area contributed by atoms with E-state index in [9.17, 15) is 4.79 Å². The molecule has 1 saturated carbocycles. The Labute approximate surface area is 112 Å². The number of aromatic nitrogens is 1. The highest BCUT2D eigenvalue weighted by atomic mass is 16.2. The Balaban J connectivity index is 2.23. The summed E-state index contributed by atoms with van der Waals surface area (Å²) >= 11 is 0. The second-order valence-electron chi connectivity index (χ2n) is 4.65. The summed E-state index contributed by atoms with van der Waals surface area (Å²) in [6, 6.07) is 4.07. The molecule has 0 spiro atoms. The lowest BCUT2D eigenvalue weighted by Crippen LogP contribution is -2.34. The predicted octanol–water partition coefficient (Wildman–Crippen LogP) is 1.19. The van der Waals surface area contributed by atoms with Gasteiger partial charge in [0.25, 0.3) is 5.91 Å². The molecule has 0 radical (unpaired) electrons. The number of amides is 1. The lowest BCUT2D eigenvalue weighted by Gasteiger charge is -2.22. The monoisotopic (exact) mass is 259 g/mol. The third-order valence-corrected chi connectivity index (χ3v) is 3.14. The topological polar surface area (TPSA) is 95.0 Å². The molecule has 1 aliphatic carbocycles. The summed E-state index contributed by atoms with van der Waals surface area (Å²) in [6.07, 6.45) is 3.88. The fraction of sp³-hybridized carbons (Fsp3) is 0.462. The summed E-state index contributed by atoms with van der Waals surface area (Å²) in [5, 5.41) is 8.67. The lowest BCUT2D eigenvalue weighted by molar-refractivity contribution is 0.0747. The molecule has 1 aromatic heterocycles. The van der Waals surface area contributed by atoms with Crippen LogP contribution in [0.1, 0.15) is 35.3 Å². The van der Waals surface area contributed by atoms with Crippen LogP contribution in [0, 0.1) is 18.3 Å². The number of carbonyl (C=O) groups is 1. The second kappa shape index (κ2) is 5.67. The van der Waals surface area contributed by atoms with Gasteiger partial charge in [-0.15, -0.1) is 0 Å². The van der Waals surface area contributed by atoms with Gasteiger partial charge in [-0.05, 0) is 25.8 Å². The van der Waals surface area contributed by atoms with Crippen LogP contribution in [0.4, 0.5) is 5.69 Å². The standard InChI is InChI=1S/C13H17N5O/c1-9-7-12(17-15)11(8-16-9)13(19)18(6-2-5-14)10-3-4-10/h7-8,10H,2-4,6,15H2,1H3,(H,16,17). The molecule has 6 nitrogen and oxygen atoms in total. The van der Waals surface area contributed by atoms with Crippen molar-refractivity contribution >= 4 is 11.6 Å². The van der Waals surface area contributed by atoms with Crippen LogP contribution in [0.3, 0.4) is 0 Å². The zero-order chi connectivity index (χ0) is 13.8. The quantitative estimate of drug-likeness (QED) is 0.612. The molecular weight excluding hydrogens is 242 g/mol. The van der Waals surface area contributed by atoms with Crippen LogP contribution in [-0.4, -0.2) is 28.4 Å². The van der Waals surface area contributed by atoms with E-state index >= 15 is 0 Å². The van der Waals surface area contributed by atoms with Crippen LogP contribution in [0.15, 0.2) is 12.3 Å². The minimum Gasteiger partial charge on any atom is -0.335 e. The maximum absolute atomic E-state index is 12.5. The number of nitrogens with two attached hydrogens (primary N) is 1. The molecule has 1 aromatic rings. The van der Waals surface area contributed by atoms with Gasteiger partial charge in [0.15, 0.2) is 0 Å². The molecule has 0 atom stereocenters. The Hall–Kier alpha value is -2.13. The van der Waals surface area contributed by atoms with Crippen molar-refractivity contribution in [1.82, 2.24) is 9.88 Å². The number of carbonyl (C=O) groups excluding carboxylic acids is 1. The number of nitrogen functional groups attached to an aromatic ring is 1. The predicted molar refractivity (Wildman–Crippen MR) is 71.1 cm³/mol. The van der Waals surface area contributed by atoms with Crippen molar-refractivity contribution in [3.63, 3.8) is 0 Å². The second-order valence-corrected chi connectivity index (χ2v) is 4.65. The van der Waals surface area contributed by atoms with Crippen molar-refractivity contribution < 1.29 is 4.79 Å². The highest BCUT2D eigenvalue weighted by Crippen LogP contribution is 2.29. The number of nitrogens with one attached hydrogen (secondary N) is 1. The first kappa shape index (κ1) is 13.3. The van der Waals surface area contributed by atoms with Gasteiger partial charge >= 0.3 is 0 Å². The number of pyridine rings is 1. The van der Waals surface area contributed by atoms with E-state index in [1.807, 2.05) is 6.92 Å². The summed E-state index contributed by atoms with van der Waals surface area (Å²) in [5.74, 6) is 5.34. The molecular formula is C13H17N5O. The maximum Gasteiger partial charge on any atom is 0.257 e. The number of hydrogen-bond acceptors (Lipinski definition) is 5. The van der Waals surface area contributed by atoms with Crippen LogP contribution in [-0.2, 0) is 0 Å². The smallest absolute Gasteiger partial charge is 0.257 e. The van der Waals surface area contributed by atoms with Gasteiger partial charge in [-0.2, -0.15) is 5.26 Å². The normalized spacial score (nSPS) is 13.7. The SMILES string of the molecule is Cc1cc(NN)c(C(=O)N(CCC#N)C2CC2)cn1. The van der Waals surface area contributed by atoms with Crippen LogP contribution in [0.5, 0.6) is 0 Å². The Morgan fingerprint density at radius 3 is 3.00 bits per heavy atom. The van der Waals surface area contributed by atoms with E-state index in [-0.39, 0.29) is 11.9 Å². The number of aryl methyl sites for hydroxylation is 1. The first-order chi connectivity index (χ1) is 9.17. The van der Waals surface area contributed by atoms with Gasteiger partial charge in [-0.3, -0.25) is 15.6 Å². The van der Waals surface area contributed by atoms with Crippen molar-refractivity contribution in [2.45, 2.75) is 32.2 Å². The van der Waals surface area contributed by atoms with E-state index in [4.69, 9.17) is 11.1 Å². The van der Waals surface area contributed by atoms with Crippen LogP contribution < -0.4 is 11.3 Å². The lowest BCUT2D eigenvalue weighted by atomic mass is 10.1. The average molecular weight is 259 g/mol. The van der Waals surface area contributed by atoms with E-state index in [0.29, 0.717) is 24.2 Å². The van der Waals surface area contributed by atoms with Crippen molar-refractivity contribution in [3.05, 3.63) is 23.5 Å². The molecule has 0 saturated heterocycles. The van der Waals surface area contributed by atoms with E-state index in [1.54, 1.807) is 11.0 Å². The molecule has 19 heavy (non-hydrogen) atoms. The molecule has 1 heterocycles. The van der Waals surface area contributed by atoms with Gasteiger partial charge in [-0.25, -0.2) is 0 Å². The Morgan fingerprint density at radius 2 is 2.42 bits per heavy atom. The molecule has 0 unspecified atom stereocenters. The molecule has 2 rings (SSSR count). The third-order valence-electron chi connectivity index (χ3n) is 3.14. The Kier molecular flexibility index (Phi) is 3.97. The van der Waals surface area contributed by atoms with Gasteiger partial charge in [0.05, 0.1) is 23.7 Å². The number of hydrazine groups is 1. The number of hydrogen-bond donors (Lipinski definition) is 2. The molecule has 1 aliphatic rings. The number of rotatable bonds is 5. The van der Waals surface area contributed by atoms with Gasteiger partial charge < -0.3 is 10.3 Å². The largest absolute Gasteiger partial charge is 0.335 e. The zero-order valence-electron chi connectivity index (χ0n) is 10.9. The van der Waals surface area contributed by atoms with E-state index in [2.05, 4.69) is 16.5 Å². The molecule has 1 fully saturated rings. The first-order valence-corrected chi connectivity index (χ1v) is 6.28. The molecule has 0 bridgehead atoms. The number of anilines is 1. The van der Waals surface area contributed by atoms with E-state index < -0.39 is 0 Å². The van der Waals surface area contributed by atoms with Crippen molar-refractivity contribution in [1.29, 1.82) is 5.26 Å². The van der Waals surface area contributed by atoms with Crippen molar-refractivity contribution in [3.8, 4) is 6.07 Å². The highest BCUT2D eigenvalue weighted by Gasteiger charge is 2.33. The molecule has 100 valence electrons. The van der Waals surface area contributed by atoms with Gasteiger partial charge in [-0.1, -0.05) is 0 Å². The maximum atomic E-state index is 12.5. The Bertz CT molecular complexity index is 518. The van der Waals surface area contributed by atoms with Crippen molar-refractivity contribution in [2.24, 2.45) is 5.84 Å². The highest BCUT2D eigenvalue weighted by molar-refractivity contribution is 5.99. The Morgan fingerprint density at radius 1 is 1.68 bits per heavy atom. The van der Waals surface area contributed by atoms with Crippen LogP contribution in [0.25, 0.3) is 0 Å². The molecule has 6 heteroatoms. The summed E-state index contributed by atoms with van der Waals surface area (Å²) in [5.41, 5.74) is 4.35. The average Bonchev–Trinajstić information content (AvgIpc) is 3.23. The third kappa shape index (κ3) is 3.01. The molecule has 1 amide bonds. The summed E-state index contributed by atoms with van der Waals surface area (Å²) in [4.78, 5) is 18.4. The van der Waals surface area contributed by atoms with Gasteiger partial charge in [0.2, 0.25) is 0 Å². The summed E-state index contributed by atoms with van der Waals surface area (Å²) < 4.78 is 0. The minimum atomic E-state index is -0.113. The molecule has 0 aliphatic heterocycles. The van der Waals surface area contributed by atoms with Crippen molar-refractivity contribution in [2.75, 3.05) is 12.0 Å². The molecule has 0 aromatic carbocycles. The first-order valence-electron chi connectivity index (χ1n) is 6.28.